The lowest BCUT2D eigenvalue weighted by molar-refractivity contribution is 0.0957. The average molecular weight is 332 g/mol. The molecule has 2 atom stereocenters. The fraction of sp³-hybridized carbons (Fsp3) is 0.714. The molecule has 5 nitrogen and oxygen atoms in total. The maximum absolute atomic E-state index is 12.5. The molecule has 0 saturated carbocycles. The lowest BCUT2D eigenvalue weighted by Gasteiger charge is -2.28. The molecule has 21 heavy (non-hydrogen) atoms. The third kappa shape index (κ3) is 4.04. The molecule has 2 heterocycles. The Kier molecular flexibility index (Phi) is 5.43. The van der Waals surface area contributed by atoms with Crippen LogP contribution >= 0.6 is 11.3 Å². The Morgan fingerprint density at radius 1 is 1.52 bits per heavy atom. The van der Waals surface area contributed by atoms with E-state index >= 15 is 0 Å². The maximum Gasteiger partial charge on any atom is 0.241 e. The van der Waals surface area contributed by atoms with Crippen LogP contribution in [0, 0.1) is 0 Å². The Hall–Kier alpha value is -0.470. The van der Waals surface area contributed by atoms with Gasteiger partial charge in [0.1, 0.15) is 0 Å². The molecule has 2 rings (SSSR count). The van der Waals surface area contributed by atoms with Crippen molar-refractivity contribution >= 4 is 21.4 Å². The fourth-order valence-electron chi connectivity index (χ4n) is 2.32. The standard InChI is InChI=1S/C14H24N2O3S2/c1-4-6-15-9-12-8-13(10-20-12)21(17,18)16-14(3)5-7-19-11(14)2/h8,10-11,15-16H,4-7,9H2,1-3H3. The lowest BCUT2D eigenvalue weighted by atomic mass is 9.97. The van der Waals surface area contributed by atoms with E-state index in [1.807, 2.05) is 13.8 Å². The topological polar surface area (TPSA) is 67.4 Å². The number of nitrogens with one attached hydrogen (secondary N) is 2. The highest BCUT2D eigenvalue weighted by Crippen LogP contribution is 2.28. The molecule has 1 aromatic rings. The molecule has 1 aromatic heterocycles. The van der Waals surface area contributed by atoms with Gasteiger partial charge in [-0.1, -0.05) is 6.92 Å². The summed E-state index contributed by atoms with van der Waals surface area (Å²) in [6.07, 6.45) is 1.65. The van der Waals surface area contributed by atoms with Crippen LogP contribution in [0.15, 0.2) is 16.3 Å². The molecule has 2 unspecified atom stereocenters. The zero-order valence-corrected chi connectivity index (χ0v) is 14.4. The van der Waals surface area contributed by atoms with E-state index in [-0.39, 0.29) is 6.10 Å². The van der Waals surface area contributed by atoms with Crippen molar-refractivity contribution in [3.05, 3.63) is 16.3 Å². The minimum atomic E-state index is -3.49. The molecule has 0 amide bonds. The number of hydrogen-bond acceptors (Lipinski definition) is 5. The number of ether oxygens (including phenoxy) is 1. The molecule has 120 valence electrons. The van der Waals surface area contributed by atoms with Gasteiger partial charge in [-0.2, -0.15) is 0 Å². The summed E-state index contributed by atoms with van der Waals surface area (Å²) in [5.41, 5.74) is -0.526. The van der Waals surface area contributed by atoms with Crippen molar-refractivity contribution in [1.82, 2.24) is 10.0 Å². The minimum Gasteiger partial charge on any atom is -0.376 e. The predicted molar refractivity (Wildman–Crippen MR) is 85.1 cm³/mol. The summed E-state index contributed by atoms with van der Waals surface area (Å²) >= 11 is 1.47. The van der Waals surface area contributed by atoms with Gasteiger partial charge in [-0.3, -0.25) is 0 Å². The van der Waals surface area contributed by atoms with Crippen molar-refractivity contribution in [1.29, 1.82) is 0 Å². The van der Waals surface area contributed by atoms with E-state index in [1.54, 1.807) is 11.4 Å². The van der Waals surface area contributed by atoms with Crippen LogP contribution in [0.2, 0.25) is 0 Å². The summed E-state index contributed by atoms with van der Waals surface area (Å²) in [5.74, 6) is 0. The van der Waals surface area contributed by atoms with Crippen LogP contribution in [0.25, 0.3) is 0 Å². The van der Waals surface area contributed by atoms with Crippen LogP contribution in [0.3, 0.4) is 0 Å². The van der Waals surface area contributed by atoms with Crippen LogP contribution in [-0.2, 0) is 21.3 Å². The quantitative estimate of drug-likeness (QED) is 0.750. The number of sulfonamides is 1. The smallest absolute Gasteiger partial charge is 0.241 e. The molecular formula is C14H24N2O3S2. The second-order valence-corrected chi connectivity index (χ2v) is 8.39. The maximum atomic E-state index is 12.5. The Labute approximate surface area is 131 Å². The van der Waals surface area contributed by atoms with Gasteiger partial charge in [0.05, 0.1) is 16.5 Å². The van der Waals surface area contributed by atoms with Crippen LogP contribution in [0.4, 0.5) is 0 Å². The zero-order chi connectivity index (χ0) is 15.5. The van der Waals surface area contributed by atoms with Gasteiger partial charge in [-0.05, 0) is 39.3 Å². The third-order valence-electron chi connectivity index (χ3n) is 3.92. The summed E-state index contributed by atoms with van der Waals surface area (Å²) < 4.78 is 33.3. The normalized spacial score (nSPS) is 26.3. The summed E-state index contributed by atoms with van der Waals surface area (Å²) in [6.45, 7) is 8.15. The van der Waals surface area contributed by atoms with Crippen molar-refractivity contribution in [3.63, 3.8) is 0 Å². The first-order chi connectivity index (χ1) is 9.87. The highest BCUT2D eigenvalue weighted by molar-refractivity contribution is 7.89. The van der Waals surface area contributed by atoms with Crippen molar-refractivity contribution in [2.45, 2.75) is 56.7 Å². The van der Waals surface area contributed by atoms with Crippen molar-refractivity contribution < 1.29 is 13.2 Å². The van der Waals surface area contributed by atoms with Crippen molar-refractivity contribution in [2.75, 3.05) is 13.2 Å². The highest BCUT2D eigenvalue weighted by atomic mass is 32.2. The van der Waals surface area contributed by atoms with Gasteiger partial charge >= 0.3 is 0 Å². The SMILES string of the molecule is CCCNCc1cc(S(=O)(=O)NC2(C)CCOC2C)cs1. The summed E-state index contributed by atoms with van der Waals surface area (Å²) in [4.78, 5) is 1.38. The van der Waals surface area contributed by atoms with Gasteiger partial charge in [0, 0.05) is 23.4 Å². The Morgan fingerprint density at radius 3 is 2.90 bits per heavy atom. The van der Waals surface area contributed by atoms with E-state index in [9.17, 15) is 8.42 Å². The lowest BCUT2D eigenvalue weighted by Crippen LogP contribution is -2.50. The Balaban J connectivity index is 2.06. The van der Waals surface area contributed by atoms with Gasteiger partial charge in [0.25, 0.3) is 0 Å². The monoisotopic (exact) mass is 332 g/mol. The largest absolute Gasteiger partial charge is 0.376 e. The van der Waals surface area contributed by atoms with Crippen molar-refractivity contribution in [3.8, 4) is 0 Å². The number of thiophene rings is 1. The first-order valence-corrected chi connectivity index (χ1v) is 9.67. The Bertz CT molecular complexity index is 571. The van der Waals surface area contributed by atoms with Crippen LogP contribution in [0.5, 0.6) is 0 Å². The molecule has 0 radical (unpaired) electrons. The summed E-state index contributed by atoms with van der Waals surface area (Å²) in [5, 5.41) is 4.98. The van der Waals surface area contributed by atoms with Gasteiger partial charge in [0.15, 0.2) is 0 Å². The summed E-state index contributed by atoms with van der Waals surface area (Å²) in [6, 6.07) is 1.75. The molecule has 0 aromatic carbocycles. The molecule has 0 spiro atoms. The fourth-order valence-corrected chi connectivity index (χ4v) is 5.06. The van der Waals surface area contributed by atoms with Gasteiger partial charge in [-0.15, -0.1) is 11.3 Å². The van der Waals surface area contributed by atoms with Crippen LogP contribution in [-0.4, -0.2) is 33.2 Å². The minimum absolute atomic E-state index is 0.114. The molecular weight excluding hydrogens is 308 g/mol. The predicted octanol–water partition coefficient (Wildman–Crippen LogP) is 2.09. The van der Waals surface area contributed by atoms with E-state index in [2.05, 4.69) is 17.0 Å². The van der Waals surface area contributed by atoms with E-state index in [4.69, 9.17) is 4.74 Å². The second kappa shape index (κ2) is 6.75. The van der Waals surface area contributed by atoms with Crippen molar-refractivity contribution in [2.24, 2.45) is 0 Å². The average Bonchev–Trinajstić information content (AvgIpc) is 2.98. The Morgan fingerprint density at radius 2 is 2.29 bits per heavy atom. The van der Waals surface area contributed by atoms with Crippen LogP contribution in [0.1, 0.15) is 38.5 Å². The highest BCUT2D eigenvalue weighted by Gasteiger charge is 2.40. The first-order valence-electron chi connectivity index (χ1n) is 7.31. The van der Waals surface area contributed by atoms with E-state index in [1.165, 1.54) is 11.3 Å². The first kappa shape index (κ1) is 16.9. The summed E-state index contributed by atoms with van der Waals surface area (Å²) in [7, 11) is -3.49. The number of rotatable bonds is 7. The van der Waals surface area contributed by atoms with E-state index < -0.39 is 15.6 Å². The molecule has 1 saturated heterocycles. The van der Waals surface area contributed by atoms with Crippen LogP contribution < -0.4 is 10.0 Å². The van der Waals surface area contributed by atoms with Gasteiger partial charge in [-0.25, -0.2) is 13.1 Å². The molecule has 1 fully saturated rings. The molecule has 1 aliphatic rings. The number of hydrogen-bond donors (Lipinski definition) is 2. The molecule has 0 bridgehead atoms. The zero-order valence-electron chi connectivity index (χ0n) is 12.8. The molecule has 2 N–H and O–H groups in total. The molecule has 7 heteroatoms. The third-order valence-corrected chi connectivity index (χ3v) is 6.60. The van der Waals surface area contributed by atoms with Gasteiger partial charge in [0.2, 0.25) is 10.0 Å². The molecule has 1 aliphatic heterocycles. The molecule has 0 aliphatic carbocycles. The van der Waals surface area contributed by atoms with Gasteiger partial charge < -0.3 is 10.1 Å². The second-order valence-electron chi connectivity index (χ2n) is 5.71. The van der Waals surface area contributed by atoms with E-state index in [0.29, 0.717) is 24.5 Å². The van der Waals surface area contributed by atoms with E-state index in [0.717, 1.165) is 17.8 Å².